The van der Waals surface area contributed by atoms with E-state index in [1.54, 1.807) is 18.3 Å². The molecule has 144 valence electrons. The molecular formula is C18H24N6O2S. The van der Waals surface area contributed by atoms with Gasteiger partial charge < -0.3 is 14.7 Å². The lowest BCUT2D eigenvalue weighted by Crippen LogP contribution is -2.47. The highest BCUT2D eigenvalue weighted by atomic mass is 32.2. The van der Waals surface area contributed by atoms with Crippen molar-refractivity contribution in [3.05, 3.63) is 30.6 Å². The minimum Gasteiger partial charge on any atom is -0.353 e. The first kappa shape index (κ1) is 18.0. The lowest BCUT2D eigenvalue weighted by atomic mass is 10.3. The summed E-state index contributed by atoms with van der Waals surface area (Å²) in [7, 11) is -3.31. The Kier molecular flexibility index (Phi) is 4.86. The zero-order valence-electron chi connectivity index (χ0n) is 15.5. The molecule has 0 atom stereocenters. The van der Waals surface area contributed by atoms with Gasteiger partial charge in [-0.3, -0.25) is 0 Å². The van der Waals surface area contributed by atoms with Crippen LogP contribution in [0.25, 0.3) is 0 Å². The van der Waals surface area contributed by atoms with Crippen LogP contribution in [0, 0.1) is 0 Å². The SMILES string of the molecule is CS(=O)(=O)c1cccnc1N1CCN(c2ccnc(N3CCCC3)n2)CC1. The first-order chi connectivity index (χ1) is 13.0. The number of hydrogen-bond acceptors (Lipinski definition) is 8. The van der Waals surface area contributed by atoms with Crippen LogP contribution in [0.5, 0.6) is 0 Å². The second kappa shape index (κ2) is 7.30. The van der Waals surface area contributed by atoms with Crippen LogP contribution in [-0.2, 0) is 9.84 Å². The van der Waals surface area contributed by atoms with Crippen LogP contribution in [0.15, 0.2) is 35.5 Å². The van der Waals surface area contributed by atoms with Gasteiger partial charge in [-0.25, -0.2) is 18.4 Å². The average molecular weight is 388 g/mol. The predicted octanol–water partition coefficient (Wildman–Crippen LogP) is 1.20. The zero-order valence-corrected chi connectivity index (χ0v) is 16.3. The molecule has 2 aromatic heterocycles. The fourth-order valence-electron chi connectivity index (χ4n) is 3.64. The minimum absolute atomic E-state index is 0.289. The van der Waals surface area contributed by atoms with Crippen molar-refractivity contribution in [1.29, 1.82) is 0 Å². The Morgan fingerprint density at radius 2 is 1.56 bits per heavy atom. The molecule has 0 unspecified atom stereocenters. The van der Waals surface area contributed by atoms with Crippen molar-refractivity contribution < 1.29 is 8.42 Å². The Hall–Kier alpha value is -2.42. The first-order valence-corrected chi connectivity index (χ1v) is 11.1. The van der Waals surface area contributed by atoms with Gasteiger partial charge in [0.1, 0.15) is 16.5 Å². The minimum atomic E-state index is -3.31. The van der Waals surface area contributed by atoms with Gasteiger partial charge in [0.05, 0.1) is 0 Å². The quantitative estimate of drug-likeness (QED) is 0.773. The summed E-state index contributed by atoms with van der Waals surface area (Å²) >= 11 is 0. The van der Waals surface area contributed by atoms with E-state index in [1.807, 2.05) is 17.2 Å². The molecular weight excluding hydrogens is 364 g/mol. The molecule has 2 aliphatic rings. The molecule has 0 radical (unpaired) electrons. The van der Waals surface area contributed by atoms with Crippen molar-refractivity contribution in [2.24, 2.45) is 0 Å². The van der Waals surface area contributed by atoms with Gasteiger partial charge in [0, 0.05) is 57.9 Å². The Labute approximate surface area is 159 Å². The first-order valence-electron chi connectivity index (χ1n) is 9.25. The molecule has 0 spiro atoms. The highest BCUT2D eigenvalue weighted by Crippen LogP contribution is 2.25. The predicted molar refractivity (Wildman–Crippen MR) is 105 cm³/mol. The Balaban J connectivity index is 1.48. The van der Waals surface area contributed by atoms with Crippen LogP contribution in [0.1, 0.15) is 12.8 Å². The van der Waals surface area contributed by atoms with Gasteiger partial charge in [-0.05, 0) is 31.0 Å². The number of rotatable bonds is 4. The molecule has 4 rings (SSSR count). The summed E-state index contributed by atoms with van der Waals surface area (Å²) in [6.07, 6.45) is 7.08. The fourth-order valence-corrected chi connectivity index (χ4v) is 4.48. The maximum Gasteiger partial charge on any atom is 0.227 e. The number of aromatic nitrogens is 3. The summed E-state index contributed by atoms with van der Waals surface area (Å²) in [6, 6.07) is 5.23. The van der Waals surface area contributed by atoms with Gasteiger partial charge in [0.25, 0.3) is 0 Å². The van der Waals surface area contributed by atoms with E-state index in [4.69, 9.17) is 4.98 Å². The molecule has 0 bridgehead atoms. The number of sulfone groups is 1. The molecule has 0 aromatic carbocycles. The van der Waals surface area contributed by atoms with Crippen LogP contribution in [-0.4, -0.2) is 68.9 Å². The maximum absolute atomic E-state index is 12.0. The third-order valence-corrected chi connectivity index (χ3v) is 6.19. The molecule has 27 heavy (non-hydrogen) atoms. The van der Waals surface area contributed by atoms with Crippen molar-refractivity contribution in [3.63, 3.8) is 0 Å². The number of piperazine rings is 1. The molecule has 2 aromatic rings. The van der Waals surface area contributed by atoms with E-state index in [9.17, 15) is 8.42 Å². The molecule has 2 fully saturated rings. The van der Waals surface area contributed by atoms with Gasteiger partial charge in [-0.2, -0.15) is 4.98 Å². The van der Waals surface area contributed by atoms with E-state index in [-0.39, 0.29) is 4.90 Å². The van der Waals surface area contributed by atoms with Crippen LogP contribution < -0.4 is 14.7 Å². The third kappa shape index (κ3) is 3.83. The maximum atomic E-state index is 12.0. The number of pyridine rings is 1. The molecule has 0 saturated carbocycles. The topological polar surface area (TPSA) is 82.5 Å². The van der Waals surface area contributed by atoms with Gasteiger partial charge in [0.15, 0.2) is 9.84 Å². The van der Waals surface area contributed by atoms with Crippen molar-refractivity contribution in [2.75, 3.05) is 60.2 Å². The Bertz CT molecular complexity index is 906. The second-order valence-corrected chi connectivity index (χ2v) is 8.96. The highest BCUT2D eigenvalue weighted by Gasteiger charge is 2.24. The Morgan fingerprint density at radius 1 is 0.852 bits per heavy atom. The standard InChI is InChI=1S/C18H24N6O2S/c1-27(25,26)15-5-4-7-19-17(15)23-13-11-22(12-14-23)16-6-8-20-18(21-16)24-9-2-3-10-24/h4-8H,2-3,9-14H2,1H3. The fraction of sp³-hybridized carbons (Fsp3) is 0.500. The average Bonchev–Trinajstić information content (AvgIpc) is 3.23. The zero-order chi connectivity index (χ0) is 18.9. The van der Waals surface area contributed by atoms with E-state index in [0.29, 0.717) is 18.9 Å². The lowest BCUT2D eigenvalue weighted by molar-refractivity contribution is 0.598. The summed E-state index contributed by atoms with van der Waals surface area (Å²) in [5.74, 6) is 2.27. The van der Waals surface area contributed by atoms with Crippen LogP contribution in [0.2, 0.25) is 0 Å². The molecule has 8 nitrogen and oxygen atoms in total. The van der Waals surface area contributed by atoms with E-state index in [1.165, 1.54) is 19.1 Å². The van der Waals surface area contributed by atoms with Crippen molar-refractivity contribution >= 4 is 27.4 Å². The van der Waals surface area contributed by atoms with E-state index in [2.05, 4.69) is 19.8 Å². The smallest absolute Gasteiger partial charge is 0.227 e. The highest BCUT2D eigenvalue weighted by molar-refractivity contribution is 7.90. The lowest BCUT2D eigenvalue weighted by Gasteiger charge is -2.36. The Morgan fingerprint density at radius 3 is 2.26 bits per heavy atom. The molecule has 2 saturated heterocycles. The van der Waals surface area contributed by atoms with Crippen molar-refractivity contribution in [1.82, 2.24) is 15.0 Å². The summed E-state index contributed by atoms with van der Waals surface area (Å²) in [5.41, 5.74) is 0. The monoisotopic (exact) mass is 388 g/mol. The molecule has 2 aliphatic heterocycles. The van der Waals surface area contributed by atoms with E-state index >= 15 is 0 Å². The van der Waals surface area contributed by atoms with Gasteiger partial charge >= 0.3 is 0 Å². The van der Waals surface area contributed by atoms with Gasteiger partial charge in [-0.1, -0.05) is 0 Å². The largest absolute Gasteiger partial charge is 0.353 e. The summed E-state index contributed by atoms with van der Waals surface area (Å²) in [6.45, 7) is 4.95. The van der Waals surface area contributed by atoms with Crippen molar-refractivity contribution in [2.45, 2.75) is 17.7 Å². The van der Waals surface area contributed by atoms with Crippen LogP contribution in [0.4, 0.5) is 17.6 Å². The molecule has 4 heterocycles. The molecule has 0 amide bonds. The summed E-state index contributed by atoms with van der Waals surface area (Å²) < 4.78 is 24.1. The number of anilines is 3. The third-order valence-electron chi connectivity index (χ3n) is 5.07. The molecule has 0 N–H and O–H groups in total. The van der Waals surface area contributed by atoms with Crippen LogP contribution in [0.3, 0.4) is 0 Å². The van der Waals surface area contributed by atoms with Gasteiger partial charge in [-0.15, -0.1) is 0 Å². The summed E-state index contributed by atoms with van der Waals surface area (Å²) in [4.78, 5) is 20.3. The molecule has 9 heteroatoms. The summed E-state index contributed by atoms with van der Waals surface area (Å²) in [5, 5.41) is 0. The second-order valence-electron chi connectivity index (χ2n) is 6.98. The van der Waals surface area contributed by atoms with E-state index in [0.717, 1.165) is 37.9 Å². The number of hydrogen-bond donors (Lipinski definition) is 0. The van der Waals surface area contributed by atoms with Crippen molar-refractivity contribution in [3.8, 4) is 0 Å². The van der Waals surface area contributed by atoms with Crippen LogP contribution >= 0.6 is 0 Å². The molecule has 0 aliphatic carbocycles. The normalized spacial score (nSPS) is 18.2. The van der Waals surface area contributed by atoms with E-state index < -0.39 is 9.84 Å². The van der Waals surface area contributed by atoms with Gasteiger partial charge in [0.2, 0.25) is 5.95 Å². The number of nitrogens with zero attached hydrogens (tertiary/aromatic N) is 6.